The van der Waals surface area contributed by atoms with Crippen molar-refractivity contribution in [1.29, 1.82) is 0 Å². The summed E-state index contributed by atoms with van der Waals surface area (Å²) in [7, 11) is 2.21. The van der Waals surface area contributed by atoms with Gasteiger partial charge in [0.25, 0.3) is 0 Å². The number of pyridine rings is 1. The van der Waals surface area contributed by atoms with Gasteiger partial charge in [0.1, 0.15) is 0 Å². The molecule has 0 amide bonds. The molecule has 6 nitrogen and oxygen atoms in total. The molecule has 150 valence electrons. The maximum atomic E-state index is 4.96. The van der Waals surface area contributed by atoms with Crippen LogP contribution in [0.2, 0.25) is 0 Å². The van der Waals surface area contributed by atoms with Crippen molar-refractivity contribution in [3.05, 3.63) is 23.5 Å². The van der Waals surface area contributed by atoms with E-state index in [4.69, 9.17) is 17.8 Å². The van der Waals surface area contributed by atoms with Crippen LogP contribution in [0.4, 0.5) is 5.69 Å². The Morgan fingerprint density at radius 3 is 2.41 bits per heavy atom. The monoisotopic (exact) mass is 614 g/mol. The van der Waals surface area contributed by atoms with Crippen LogP contribution in [0.25, 0.3) is 0 Å². The number of piperazine rings is 1. The lowest BCUT2D eigenvalue weighted by atomic mass is 10.2. The molecule has 10 heteroatoms. The molecule has 0 aliphatic carbocycles. The second kappa shape index (κ2) is 11.2. The van der Waals surface area contributed by atoms with Crippen molar-refractivity contribution >= 4 is 65.8 Å². The van der Waals surface area contributed by atoms with E-state index >= 15 is 0 Å². The van der Waals surface area contributed by atoms with Crippen molar-refractivity contribution < 1.29 is 0 Å². The molecule has 0 aromatic carbocycles. The lowest BCUT2D eigenvalue weighted by Crippen LogP contribution is -2.43. The Kier molecular flexibility index (Phi) is 9.24. The number of nitrogens with zero attached hydrogens (tertiary/aromatic N) is 5. The Labute approximate surface area is 196 Å². The second-order valence-corrected chi connectivity index (χ2v) is 12.6. The number of nitrogens with one attached hydrogen (secondary N) is 1. The normalized spacial score (nSPS) is 22.0. The molecule has 1 fully saturated rings. The lowest BCUT2D eigenvalue weighted by Gasteiger charge is -2.30. The van der Waals surface area contributed by atoms with E-state index < -0.39 is 0 Å². The van der Waals surface area contributed by atoms with E-state index in [9.17, 15) is 0 Å². The fourth-order valence-corrected chi connectivity index (χ4v) is 4.96. The summed E-state index contributed by atoms with van der Waals surface area (Å²) in [5, 5.41) is 3.44. The van der Waals surface area contributed by atoms with Crippen LogP contribution in [0.3, 0.4) is 0 Å². The maximum absolute atomic E-state index is 4.96. The Bertz CT molecular complexity index is 605. The average Bonchev–Trinajstić information content (AvgIpc) is 2.64. The third-order valence-corrected chi connectivity index (χ3v) is 7.00. The highest BCUT2D eigenvalue weighted by Crippen LogP contribution is 2.21. The molecule has 0 atom stereocenters. The fraction of sp³-hybridized carbons (Fsp3) is 0.706. The molecule has 3 heterocycles. The number of aromatic nitrogens is 1. The van der Waals surface area contributed by atoms with Gasteiger partial charge in [-0.2, -0.15) is 0 Å². The minimum atomic E-state index is 0.510. The van der Waals surface area contributed by atoms with Crippen LogP contribution in [0.15, 0.2) is 12.1 Å². The van der Waals surface area contributed by atoms with E-state index in [1.165, 1.54) is 17.8 Å². The molecule has 0 unspecified atom stereocenters. The molecule has 2 aliphatic heterocycles. The Morgan fingerprint density at radius 2 is 1.70 bits per heavy atom. The van der Waals surface area contributed by atoms with Crippen LogP contribution in [0, 0.1) is 0 Å². The number of anilines is 1. The van der Waals surface area contributed by atoms with E-state index in [1.54, 1.807) is 0 Å². The molecule has 0 radical (unpaired) electrons. The van der Waals surface area contributed by atoms with E-state index in [2.05, 4.69) is 88.2 Å². The van der Waals surface area contributed by atoms with Crippen molar-refractivity contribution in [2.45, 2.75) is 19.5 Å². The summed E-state index contributed by atoms with van der Waals surface area (Å²) < 4.78 is 2.62. The highest BCUT2D eigenvalue weighted by Gasteiger charge is 2.19. The van der Waals surface area contributed by atoms with Gasteiger partial charge < -0.3 is 19.9 Å². The van der Waals surface area contributed by atoms with Gasteiger partial charge in [-0.15, -0.1) is 44.7 Å². The van der Waals surface area contributed by atoms with Crippen molar-refractivity contribution in [1.82, 2.24) is 24.3 Å². The van der Waals surface area contributed by atoms with Crippen molar-refractivity contribution in [2.75, 3.05) is 64.3 Å². The minimum absolute atomic E-state index is 0.510. The van der Waals surface area contributed by atoms with Crippen LogP contribution in [-0.4, -0.2) is 81.0 Å². The average molecular weight is 614 g/mol. The quantitative estimate of drug-likeness (QED) is 0.303. The number of fused-ring (bicyclic) bond motifs is 2. The zero-order valence-electron chi connectivity index (χ0n) is 15.9. The molecule has 0 spiro atoms. The van der Waals surface area contributed by atoms with Gasteiger partial charge in [0.05, 0.1) is 17.9 Å². The van der Waals surface area contributed by atoms with Crippen LogP contribution in [0.1, 0.15) is 17.8 Å². The number of rotatable bonds is 2. The zero-order chi connectivity index (χ0) is 19.2. The highest BCUT2D eigenvalue weighted by molar-refractivity contribution is 14.3. The van der Waals surface area contributed by atoms with Crippen LogP contribution in [-0.2, 0) is 13.1 Å². The molecular weight excluding hydrogens is 585 g/mol. The van der Waals surface area contributed by atoms with Gasteiger partial charge in [0, 0.05) is 51.5 Å². The SMILES string of the molecule is CN1CCCN(B(I)I)CCN(S)Cc2cc(N3CCNCC3)cc(n2)C1. The van der Waals surface area contributed by atoms with E-state index in [0.717, 1.165) is 71.1 Å². The molecule has 1 N–H and O–H groups in total. The van der Waals surface area contributed by atoms with Crippen LogP contribution >= 0.6 is 57.6 Å². The van der Waals surface area contributed by atoms with Gasteiger partial charge >= 0.3 is 2.56 Å². The summed E-state index contributed by atoms with van der Waals surface area (Å²) in [4.78, 5) is 12.4. The third kappa shape index (κ3) is 7.14. The number of hydrogen-bond donors (Lipinski definition) is 2. The van der Waals surface area contributed by atoms with Crippen LogP contribution in [0.5, 0.6) is 0 Å². The largest absolute Gasteiger partial charge is 0.369 e. The van der Waals surface area contributed by atoms with E-state index in [1.807, 2.05) is 0 Å². The third-order valence-electron chi connectivity index (χ3n) is 5.08. The van der Waals surface area contributed by atoms with Gasteiger partial charge in [-0.3, -0.25) is 4.98 Å². The fourth-order valence-electron chi connectivity index (χ4n) is 3.62. The lowest BCUT2D eigenvalue weighted by molar-refractivity contribution is 0.298. The first-order chi connectivity index (χ1) is 13.0. The maximum Gasteiger partial charge on any atom is 0.368 e. The molecule has 1 aromatic rings. The van der Waals surface area contributed by atoms with Gasteiger partial charge in [-0.05, 0) is 38.7 Å². The molecule has 1 saturated heterocycles. The van der Waals surface area contributed by atoms with E-state index in [-0.39, 0.29) is 0 Å². The summed E-state index contributed by atoms with van der Waals surface area (Å²) >= 11 is 9.75. The van der Waals surface area contributed by atoms with Crippen molar-refractivity contribution in [3.8, 4) is 0 Å². The zero-order valence-corrected chi connectivity index (χ0v) is 21.2. The predicted molar refractivity (Wildman–Crippen MR) is 135 cm³/mol. The summed E-state index contributed by atoms with van der Waals surface area (Å²) in [5.41, 5.74) is 3.60. The van der Waals surface area contributed by atoms with Crippen molar-refractivity contribution in [2.24, 2.45) is 0 Å². The topological polar surface area (TPSA) is 37.9 Å². The molecule has 2 bridgehead atoms. The summed E-state index contributed by atoms with van der Waals surface area (Å²) in [6, 6.07) is 4.54. The second-order valence-electron chi connectivity index (χ2n) is 7.34. The van der Waals surface area contributed by atoms with Gasteiger partial charge in [0.2, 0.25) is 0 Å². The standard InChI is InChI=1S/C17H29BI2N6S/c1-23-5-2-6-25(18(19)20)9-10-26(27)14-16-12-17(11-15(13-23)22-16)24-7-3-21-4-8-24/h11-12,21,27H,2-10,13-14H2,1H3. The number of thiol groups is 1. The smallest absolute Gasteiger partial charge is 0.368 e. The molecule has 3 rings (SSSR count). The van der Waals surface area contributed by atoms with Gasteiger partial charge in [-0.25, -0.2) is 4.31 Å². The van der Waals surface area contributed by atoms with E-state index in [0.29, 0.717) is 2.56 Å². The Balaban J connectivity index is 1.80. The molecule has 27 heavy (non-hydrogen) atoms. The highest BCUT2D eigenvalue weighted by atomic mass is 127. The summed E-state index contributed by atoms with van der Waals surface area (Å²) in [6.07, 6.45) is 1.18. The first kappa shape index (κ1) is 22.4. The Hall–Kier alpha value is 0.665. The molecule has 2 aliphatic rings. The Morgan fingerprint density at radius 1 is 1.00 bits per heavy atom. The number of hydrogen-bond acceptors (Lipinski definition) is 7. The predicted octanol–water partition coefficient (Wildman–Crippen LogP) is 2.13. The van der Waals surface area contributed by atoms with Gasteiger partial charge in [0.15, 0.2) is 0 Å². The minimum Gasteiger partial charge on any atom is -0.369 e. The van der Waals surface area contributed by atoms with Crippen molar-refractivity contribution in [3.63, 3.8) is 0 Å². The molecule has 1 aromatic heterocycles. The summed E-state index contributed by atoms with van der Waals surface area (Å²) in [5.74, 6) is 0. The molecular formula is C17H29BI2N6S. The summed E-state index contributed by atoms with van der Waals surface area (Å²) in [6.45, 7) is 10.1. The van der Waals surface area contributed by atoms with Gasteiger partial charge in [-0.1, -0.05) is 12.8 Å². The number of halogens is 2. The first-order valence-corrected chi connectivity index (χ1v) is 12.5. The molecule has 0 saturated carbocycles. The van der Waals surface area contributed by atoms with Crippen LogP contribution < -0.4 is 10.2 Å². The first-order valence-electron chi connectivity index (χ1n) is 9.61.